The van der Waals surface area contributed by atoms with Crippen molar-refractivity contribution >= 4 is 0 Å². The Balaban J connectivity index is 2.31. The summed E-state index contributed by atoms with van der Waals surface area (Å²) < 4.78 is 11.8. The zero-order valence-electron chi connectivity index (χ0n) is 10.5. The third-order valence-corrected chi connectivity index (χ3v) is 3.05. The van der Waals surface area contributed by atoms with E-state index in [1.807, 2.05) is 12.1 Å². The molecule has 1 aliphatic rings. The minimum Gasteiger partial charge on any atom is -0.486 e. The summed E-state index contributed by atoms with van der Waals surface area (Å²) in [4.78, 5) is 0. The highest BCUT2D eigenvalue weighted by atomic mass is 16.6. The van der Waals surface area contributed by atoms with Crippen LogP contribution in [-0.4, -0.2) is 12.7 Å². The molecular formula is C14H20O2. The summed E-state index contributed by atoms with van der Waals surface area (Å²) in [5, 5.41) is 0. The van der Waals surface area contributed by atoms with Gasteiger partial charge in [-0.05, 0) is 17.9 Å². The molecule has 16 heavy (non-hydrogen) atoms. The number of benzene rings is 1. The van der Waals surface area contributed by atoms with Gasteiger partial charge in [0.25, 0.3) is 0 Å². The van der Waals surface area contributed by atoms with E-state index in [2.05, 4.69) is 33.8 Å². The van der Waals surface area contributed by atoms with Crippen molar-refractivity contribution in [2.75, 3.05) is 6.61 Å². The summed E-state index contributed by atoms with van der Waals surface area (Å²) in [7, 11) is 0. The molecule has 0 saturated carbocycles. The van der Waals surface area contributed by atoms with Crippen LogP contribution in [0.2, 0.25) is 0 Å². The second-order valence-corrected chi connectivity index (χ2v) is 5.04. The Morgan fingerprint density at radius 3 is 2.56 bits per heavy atom. The zero-order chi connectivity index (χ0) is 11.7. The number of hydrogen-bond acceptors (Lipinski definition) is 2. The van der Waals surface area contributed by atoms with Gasteiger partial charge < -0.3 is 9.47 Å². The van der Waals surface area contributed by atoms with Crippen LogP contribution in [0.5, 0.6) is 11.5 Å². The van der Waals surface area contributed by atoms with Gasteiger partial charge in [0.2, 0.25) is 0 Å². The smallest absolute Gasteiger partial charge is 0.164 e. The van der Waals surface area contributed by atoms with Crippen LogP contribution in [0.25, 0.3) is 0 Å². The van der Waals surface area contributed by atoms with Gasteiger partial charge >= 0.3 is 0 Å². The van der Waals surface area contributed by atoms with Gasteiger partial charge in [0, 0.05) is 5.56 Å². The summed E-state index contributed by atoms with van der Waals surface area (Å²) in [6.45, 7) is 9.33. The first-order chi connectivity index (χ1) is 7.59. The highest BCUT2D eigenvalue weighted by molar-refractivity contribution is 5.49. The second-order valence-electron chi connectivity index (χ2n) is 5.04. The average Bonchev–Trinajstić information content (AvgIpc) is 2.27. The summed E-state index contributed by atoms with van der Waals surface area (Å²) in [5.41, 5.74) is 1.24. The van der Waals surface area contributed by atoms with Crippen LogP contribution in [0.4, 0.5) is 0 Å². The van der Waals surface area contributed by atoms with Crippen LogP contribution in [-0.2, 0) is 0 Å². The Bertz CT molecular complexity index is 369. The van der Waals surface area contributed by atoms with Crippen LogP contribution < -0.4 is 9.47 Å². The van der Waals surface area contributed by atoms with E-state index in [-0.39, 0.29) is 6.10 Å². The second kappa shape index (κ2) is 4.36. The number of hydrogen-bond donors (Lipinski definition) is 0. The molecule has 0 aromatic heterocycles. The van der Waals surface area contributed by atoms with E-state index in [0.717, 1.165) is 11.5 Å². The largest absolute Gasteiger partial charge is 0.486 e. The zero-order valence-corrected chi connectivity index (χ0v) is 10.5. The van der Waals surface area contributed by atoms with Gasteiger partial charge in [-0.15, -0.1) is 0 Å². The molecule has 1 aromatic rings. The van der Waals surface area contributed by atoms with Crippen LogP contribution in [0.15, 0.2) is 18.2 Å². The van der Waals surface area contributed by atoms with Crippen molar-refractivity contribution in [3.63, 3.8) is 0 Å². The van der Waals surface area contributed by atoms with Gasteiger partial charge in [-0.1, -0.05) is 39.8 Å². The molecular weight excluding hydrogens is 200 g/mol. The Hall–Kier alpha value is -1.18. The molecule has 0 aliphatic carbocycles. The monoisotopic (exact) mass is 220 g/mol. The van der Waals surface area contributed by atoms with Crippen molar-refractivity contribution in [2.45, 2.75) is 39.7 Å². The fourth-order valence-corrected chi connectivity index (χ4v) is 1.93. The van der Waals surface area contributed by atoms with E-state index in [0.29, 0.717) is 18.4 Å². The molecule has 2 rings (SSSR count). The maximum absolute atomic E-state index is 5.96. The Morgan fingerprint density at radius 2 is 1.94 bits per heavy atom. The lowest BCUT2D eigenvalue weighted by Gasteiger charge is -2.30. The molecule has 0 saturated heterocycles. The molecule has 2 nitrogen and oxygen atoms in total. The minimum absolute atomic E-state index is 0.176. The molecule has 0 amide bonds. The molecule has 1 aliphatic heterocycles. The number of ether oxygens (including phenoxy) is 2. The standard InChI is InChI=1S/C14H20O2/c1-9(2)11-6-5-7-12-14(11)15-8-13(16-12)10(3)4/h5-7,9-10,13H,8H2,1-4H3. The predicted molar refractivity (Wildman–Crippen MR) is 65.3 cm³/mol. The van der Waals surface area contributed by atoms with Crippen LogP contribution in [0, 0.1) is 5.92 Å². The quantitative estimate of drug-likeness (QED) is 0.758. The van der Waals surface area contributed by atoms with Crippen molar-refractivity contribution in [1.29, 1.82) is 0 Å². The molecule has 1 aromatic carbocycles. The summed E-state index contributed by atoms with van der Waals surface area (Å²) in [6, 6.07) is 6.15. The minimum atomic E-state index is 0.176. The van der Waals surface area contributed by atoms with Crippen LogP contribution in [0.3, 0.4) is 0 Å². The van der Waals surface area contributed by atoms with E-state index in [1.165, 1.54) is 5.56 Å². The molecule has 1 atom stereocenters. The molecule has 1 unspecified atom stereocenters. The fourth-order valence-electron chi connectivity index (χ4n) is 1.93. The molecule has 1 heterocycles. The van der Waals surface area contributed by atoms with Crippen molar-refractivity contribution in [3.8, 4) is 11.5 Å². The third kappa shape index (κ3) is 2.01. The third-order valence-electron chi connectivity index (χ3n) is 3.05. The first-order valence-electron chi connectivity index (χ1n) is 6.02. The summed E-state index contributed by atoms with van der Waals surface area (Å²) in [6.07, 6.45) is 0.176. The molecule has 2 heteroatoms. The summed E-state index contributed by atoms with van der Waals surface area (Å²) in [5.74, 6) is 2.79. The van der Waals surface area contributed by atoms with Gasteiger partial charge in [0.05, 0.1) is 0 Å². The van der Waals surface area contributed by atoms with Crippen molar-refractivity contribution < 1.29 is 9.47 Å². The Kier molecular flexibility index (Phi) is 3.08. The normalized spacial score (nSPS) is 19.2. The lowest BCUT2D eigenvalue weighted by Crippen LogP contribution is -2.33. The van der Waals surface area contributed by atoms with Crippen LogP contribution in [0.1, 0.15) is 39.2 Å². The summed E-state index contributed by atoms with van der Waals surface area (Å²) >= 11 is 0. The van der Waals surface area contributed by atoms with Crippen molar-refractivity contribution in [1.82, 2.24) is 0 Å². The van der Waals surface area contributed by atoms with Gasteiger partial charge in [-0.25, -0.2) is 0 Å². The highest BCUT2D eigenvalue weighted by Crippen LogP contribution is 2.39. The van der Waals surface area contributed by atoms with Gasteiger partial charge in [-0.3, -0.25) is 0 Å². The molecule has 0 radical (unpaired) electrons. The van der Waals surface area contributed by atoms with Crippen LogP contribution >= 0.6 is 0 Å². The van der Waals surface area contributed by atoms with Gasteiger partial charge in [-0.2, -0.15) is 0 Å². The number of para-hydroxylation sites is 1. The van der Waals surface area contributed by atoms with E-state index < -0.39 is 0 Å². The Labute approximate surface area is 97.6 Å². The maximum atomic E-state index is 5.96. The number of fused-ring (bicyclic) bond motifs is 1. The molecule has 88 valence electrons. The molecule has 0 spiro atoms. The molecule has 0 N–H and O–H groups in total. The lowest BCUT2D eigenvalue weighted by atomic mass is 10.0. The van der Waals surface area contributed by atoms with Gasteiger partial charge in [0.1, 0.15) is 12.7 Å². The SMILES string of the molecule is CC(C)c1cccc2c1OCC(C(C)C)O2. The molecule has 0 bridgehead atoms. The van der Waals surface area contributed by atoms with E-state index in [4.69, 9.17) is 9.47 Å². The van der Waals surface area contributed by atoms with E-state index >= 15 is 0 Å². The van der Waals surface area contributed by atoms with E-state index in [9.17, 15) is 0 Å². The highest BCUT2D eigenvalue weighted by Gasteiger charge is 2.25. The topological polar surface area (TPSA) is 18.5 Å². The van der Waals surface area contributed by atoms with E-state index in [1.54, 1.807) is 0 Å². The average molecular weight is 220 g/mol. The van der Waals surface area contributed by atoms with Crippen molar-refractivity contribution in [3.05, 3.63) is 23.8 Å². The predicted octanol–water partition coefficient (Wildman–Crippen LogP) is 3.61. The van der Waals surface area contributed by atoms with Gasteiger partial charge in [0.15, 0.2) is 11.5 Å². The Morgan fingerprint density at radius 1 is 1.19 bits per heavy atom. The first-order valence-corrected chi connectivity index (χ1v) is 6.02. The van der Waals surface area contributed by atoms with Crippen molar-refractivity contribution in [2.24, 2.45) is 5.92 Å². The maximum Gasteiger partial charge on any atom is 0.164 e. The number of rotatable bonds is 2. The first kappa shape index (κ1) is 11.3. The fraction of sp³-hybridized carbons (Fsp3) is 0.571. The molecule has 0 fully saturated rings. The lowest BCUT2D eigenvalue weighted by molar-refractivity contribution is 0.0580.